The van der Waals surface area contributed by atoms with Gasteiger partial charge in [0, 0.05) is 0 Å². The molecule has 5 heteroatoms. The second kappa shape index (κ2) is 3.78. The summed E-state index contributed by atoms with van der Waals surface area (Å²) in [7, 11) is 4.86. The summed E-state index contributed by atoms with van der Waals surface area (Å²) in [5, 5.41) is 10.6. The fraction of sp³-hybridized carbons (Fsp3) is 0. The van der Waals surface area contributed by atoms with Crippen LogP contribution < -0.4 is 10.2 Å². The predicted octanol–water partition coefficient (Wildman–Crippen LogP) is 0.352. The first-order valence-corrected chi connectivity index (χ1v) is 3.20. The number of para-hydroxylation sites is 1. The lowest BCUT2D eigenvalue weighted by Gasteiger charge is -2.05. The molecule has 60 valence electrons. The maximum absolute atomic E-state index is 10.5. The van der Waals surface area contributed by atoms with E-state index in [0.717, 1.165) is 0 Å². The van der Waals surface area contributed by atoms with E-state index in [9.17, 15) is 4.79 Å². The molecule has 0 aliphatic heterocycles. The zero-order valence-corrected chi connectivity index (χ0v) is 6.15. The van der Waals surface area contributed by atoms with Crippen LogP contribution in [0.2, 0.25) is 0 Å². The fourth-order valence-electron chi connectivity index (χ4n) is 0.796. The molecule has 0 amide bonds. The van der Waals surface area contributed by atoms with Crippen molar-refractivity contribution in [2.75, 3.05) is 0 Å². The van der Waals surface area contributed by atoms with Crippen LogP contribution in [0.15, 0.2) is 24.3 Å². The Morgan fingerprint density at radius 1 is 1.50 bits per heavy atom. The molecule has 0 saturated carbocycles. The maximum atomic E-state index is 10.5. The molecule has 0 spiro atoms. The van der Waals surface area contributed by atoms with Crippen LogP contribution in [0.3, 0.4) is 0 Å². The molecule has 2 radical (unpaired) electrons. The van der Waals surface area contributed by atoms with Crippen molar-refractivity contribution in [2.45, 2.75) is 0 Å². The topological polar surface area (TPSA) is 58.6 Å². The maximum Gasteiger partial charge on any atom is 0.339 e. The normalized spacial score (nSPS) is 9.33. The van der Waals surface area contributed by atoms with Gasteiger partial charge in [0.25, 0.3) is 0 Å². The van der Waals surface area contributed by atoms with Gasteiger partial charge in [-0.15, -0.1) is 0 Å². The molecule has 0 aliphatic carbocycles. The van der Waals surface area contributed by atoms with Crippen LogP contribution in [-0.4, -0.2) is 19.1 Å². The van der Waals surface area contributed by atoms with Crippen LogP contribution in [-0.2, 0) is 0 Å². The number of rotatable bonds is 3. The van der Waals surface area contributed by atoms with E-state index in [4.69, 9.17) is 13.1 Å². The summed E-state index contributed by atoms with van der Waals surface area (Å²) in [6.07, 6.45) is 0. The molecule has 0 bridgehead atoms. The van der Waals surface area contributed by atoms with Crippen molar-refractivity contribution in [3.8, 4) is 5.75 Å². The number of nitrogens with one attached hydrogen (secondary N) is 1. The Morgan fingerprint density at radius 3 is 2.75 bits per heavy atom. The van der Waals surface area contributed by atoms with E-state index in [0.29, 0.717) is 0 Å². The molecule has 0 saturated heterocycles. The highest BCUT2D eigenvalue weighted by molar-refractivity contribution is 6.03. The lowest BCUT2D eigenvalue weighted by Crippen LogP contribution is -2.15. The number of benzene rings is 1. The monoisotopic (exact) mass is 163 g/mol. The Bertz CT molecular complexity index is 290. The highest BCUT2D eigenvalue weighted by Crippen LogP contribution is 2.16. The molecule has 0 aliphatic rings. The standard InChI is InChI=1S/C7H6BNO3/c8-9-12-6-4-2-1-3-5(6)7(10)11/h1-4,9H,(H,10,11). The largest absolute Gasteiger partial charge is 0.478 e. The van der Waals surface area contributed by atoms with E-state index in [2.05, 4.69) is 4.84 Å². The van der Waals surface area contributed by atoms with Crippen LogP contribution in [0, 0.1) is 0 Å². The van der Waals surface area contributed by atoms with Crippen molar-refractivity contribution in [3.63, 3.8) is 0 Å². The first kappa shape index (κ1) is 8.61. The molecular weight excluding hydrogens is 157 g/mol. The molecule has 0 heterocycles. The third-order valence-electron chi connectivity index (χ3n) is 1.29. The number of carboxylic acid groups (broad SMARTS) is 1. The minimum atomic E-state index is -1.05. The second-order valence-corrected chi connectivity index (χ2v) is 2.02. The molecule has 0 atom stereocenters. The quantitative estimate of drug-likeness (QED) is 0.498. The zero-order chi connectivity index (χ0) is 8.97. The van der Waals surface area contributed by atoms with Gasteiger partial charge >= 0.3 is 5.97 Å². The third kappa shape index (κ3) is 1.76. The van der Waals surface area contributed by atoms with Crippen molar-refractivity contribution in [1.29, 1.82) is 0 Å². The van der Waals surface area contributed by atoms with E-state index >= 15 is 0 Å². The first-order valence-electron chi connectivity index (χ1n) is 3.20. The van der Waals surface area contributed by atoms with Crippen molar-refractivity contribution in [3.05, 3.63) is 29.8 Å². The van der Waals surface area contributed by atoms with Gasteiger partial charge in [-0.05, 0) is 12.1 Å². The predicted molar refractivity (Wildman–Crippen MR) is 42.9 cm³/mol. The van der Waals surface area contributed by atoms with Gasteiger partial charge in [0.1, 0.15) is 5.56 Å². The van der Waals surface area contributed by atoms with E-state index < -0.39 is 5.97 Å². The van der Waals surface area contributed by atoms with Crippen molar-refractivity contribution in [1.82, 2.24) is 5.39 Å². The van der Waals surface area contributed by atoms with Gasteiger partial charge in [0.2, 0.25) is 7.98 Å². The van der Waals surface area contributed by atoms with Crippen molar-refractivity contribution in [2.24, 2.45) is 0 Å². The molecule has 0 aromatic heterocycles. The van der Waals surface area contributed by atoms with Gasteiger partial charge in [-0.2, -0.15) is 0 Å². The Balaban J connectivity index is 3.00. The van der Waals surface area contributed by atoms with Gasteiger partial charge in [-0.3, -0.25) is 0 Å². The Hall–Kier alpha value is -1.49. The van der Waals surface area contributed by atoms with Gasteiger partial charge in [0.15, 0.2) is 5.75 Å². The molecule has 1 rings (SSSR count). The lowest BCUT2D eigenvalue weighted by atomic mass is 10.2. The number of hydrogen-bond donors (Lipinski definition) is 2. The molecule has 0 unspecified atom stereocenters. The van der Waals surface area contributed by atoms with E-state index in [-0.39, 0.29) is 11.3 Å². The molecule has 4 nitrogen and oxygen atoms in total. The van der Waals surface area contributed by atoms with Crippen LogP contribution in [0.5, 0.6) is 5.75 Å². The molecule has 0 fully saturated rings. The summed E-state index contributed by atoms with van der Waals surface area (Å²) >= 11 is 0. The molecule has 1 aromatic rings. The van der Waals surface area contributed by atoms with Gasteiger partial charge < -0.3 is 9.94 Å². The summed E-state index contributed by atoms with van der Waals surface area (Å²) < 4.78 is 0. The summed E-state index contributed by atoms with van der Waals surface area (Å²) in [6.45, 7) is 0. The number of aromatic carboxylic acids is 1. The first-order chi connectivity index (χ1) is 5.75. The smallest absolute Gasteiger partial charge is 0.339 e. The average molecular weight is 163 g/mol. The van der Waals surface area contributed by atoms with Gasteiger partial charge in [0.05, 0.1) is 0 Å². The second-order valence-electron chi connectivity index (χ2n) is 2.02. The molecule has 1 aromatic carbocycles. The molecular formula is C7H6BNO3. The summed E-state index contributed by atoms with van der Waals surface area (Å²) in [5.74, 6) is -0.867. The highest BCUT2D eigenvalue weighted by atomic mass is 16.6. The Morgan fingerprint density at radius 2 is 2.17 bits per heavy atom. The number of carboxylic acids is 1. The summed E-state index contributed by atoms with van der Waals surface area (Å²) in [6, 6.07) is 6.18. The van der Waals surface area contributed by atoms with Crippen LogP contribution in [0.4, 0.5) is 0 Å². The molecule has 12 heavy (non-hydrogen) atoms. The van der Waals surface area contributed by atoms with E-state index in [1.165, 1.54) is 12.1 Å². The van der Waals surface area contributed by atoms with Crippen LogP contribution in [0.25, 0.3) is 0 Å². The van der Waals surface area contributed by atoms with Crippen LogP contribution in [0.1, 0.15) is 10.4 Å². The van der Waals surface area contributed by atoms with E-state index in [1.54, 1.807) is 12.1 Å². The minimum Gasteiger partial charge on any atom is -0.478 e. The van der Waals surface area contributed by atoms with E-state index in [1.807, 2.05) is 5.39 Å². The van der Waals surface area contributed by atoms with Gasteiger partial charge in [-0.1, -0.05) is 12.1 Å². The summed E-state index contributed by atoms with van der Waals surface area (Å²) in [4.78, 5) is 15.2. The highest BCUT2D eigenvalue weighted by Gasteiger charge is 2.08. The SMILES string of the molecule is [B]NOc1ccccc1C(=O)O. The van der Waals surface area contributed by atoms with Crippen molar-refractivity contribution >= 4 is 14.0 Å². The van der Waals surface area contributed by atoms with Crippen LogP contribution >= 0.6 is 0 Å². The summed E-state index contributed by atoms with van der Waals surface area (Å²) in [5.41, 5.74) is 0.0652. The fourth-order valence-corrected chi connectivity index (χ4v) is 0.796. The Labute approximate surface area is 70.5 Å². The van der Waals surface area contributed by atoms with Crippen molar-refractivity contribution < 1.29 is 14.7 Å². The zero-order valence-electron chi connectivity index (χ0n) is 6.15. The number of hydrogen-bond acceptors (Lipinski definition) is 3. The lowest BCUT2D eigenvalue weighted by molar-refractivity contribution is 0.0691. The average Bonchev–Trinajstić information content (AvgIpc) is 2.05. The molecule has 2 N–H and O–H groups in total. The third-order valence-corrected chi connectivity index (χ3v) is 1.29. The number of carbonyl (C=O) groups is 1. The minimum absolute atomic E-state index is 0.0652. The Kier molecular flexibility index (Phi) is 2.71. The van der Waals surface area contributed by atoms with Gasteiger partial charge in [-0.25, -0.2) is 10.2 Å².